The van der Waals surface area contributed by atoms with Crippen LogP contribution in [-0.4, -0.2) is 27.5 Å². The molecule has 1 fully saturated rings. The maximum Gasteiger partial charge on any atom is 0.425 e. The zero-order chi connectivity index (χ0) is 22.8. The summed E-state index contributed by atoms with van der Waals surface area (Å²) in [6.45, 7) is 1.83. The summed E-state index contributed by atoms with van der Waals surface area (Å²) in [5.41, 5.74) is -6.80. The van der Waals surface area contributed by atoms with Gasteiger partial charge in [-0.2, -0.15) is 13.2 Å². The van der Waals surface area contributed by atoms with Crippen LogP contribution in [0.5, 0.6) is 0 Å². The number of rotatable bonds is 7. The van der Waals surface area contributed by atoms with Crippen molar-refractivity contribution in [1.29, 1.82) is 0 Å². The SMILES string of the molecule is CCCCn1c2c(c(=O)[nH]c1=O)[C@@](NC(=O)CCC1CCCCC1)(C(F)(F)F)C(=O)N2. The molecule has 0 aromatic carbocycles. The van der Waals surface area contributed by atoms with Gasteiger partial charge in [0.25, 0.3) is 11.5 Å². The van der Waals surface area contributed by atoms with E-state index in [1.54, 1.807) is 0 Å². The van der Waals surface area contributed by atoms with Crippen LogP contribution >= 0.6 is 0 Å². The van der Waals surface area contributed by atoms with E-state index in [1.165, 1.54) is 0 Å². The van der Waals surface area contributed by atoms with Crippen LogP contribution in [-0.2, 0) is 21.7 Å². The Balaban J connectivity index is 1.97. The van der Waals surface area contributed by atoms with Crippen LogP contribution in [0.3, 0.4) is 0 Å². The van der Waals surface area contributed by atoms with Gasteiger partial charge in [0.1, 0.15) is 11.4 Å². The fourth-order valence-corrected chi connectivity index (χ4v) is 4.44. The molecule has 1 aliphatic carbocycles. The summed E-state index contributed by atoms with van der Waals surface area (Å²) in [6, 6.07) is 0. The smallest absolute Gasteiger partial charge is 0.330 e. The molecule has 3 N–H and O–H groups in total. The van der Waals surface area contributed by atoms with Crippen molar-refractivity contribution in [2.45, 2.75) is 83.0 Å². The highest BCUT2D eigenvalue weighted by Crippen LogP contribution is 2.45. The molecular formula is C20H27F3N4O4. The minimum absolute atomic E-state index is 0.0122. The van der Waals surface area contributed by atoms with Crippen LogP contribution in [0.25, 0.3) is 0 Å². The van der Waals surface area contributed by atoms with E-state index in [1.807, 2.05) is 22.5 Å². The van der Waals surface area contributed by atoms with Crippen LogP contribution < -0.4 is 21.9 Å². The molecule has 1 saturated carbocycles. The van der Waals surface area contributed by atoms with Gasteiger partial charge in [-0.1, -0.05) is 45.4 Å². The number of aromatic nitrogens is 2. The molecule has 8 nitrogen and oxygen atoms in total. The Bertz CT molecular complexity index is 963. The topological polar surface area (TPSA) is 113 Å². The Morgan fingerprint density at radius 3 is 2.48 bits per heavy atom. The van der Waals surface area contributed by atoms with Crippen LogP contribution in [0.4, 0.5) is 19.0 Å². The van der Waals surface area contributed by atoms with Gasteiger partial charge in [0.2, 0.25) is 11.4 Å². The van der Waals surface area contributed by atoms with Crippen molar-refractivity contribution in [2.24, 2.45) is 5.92 Å². The number of fused-ring (bicyclic) bond motifs is 1. The molecular weight excluding hydrogens is 417 g/mol. The van der Waals surface area contributed by atoms with Gasteiger partial charge < -0.3 is 10.6 Å². The van der Waals surface area contributed by atoms with Gasteiger partial charge in [0.15, 0.2) is 0 Å². The molecule has 11 heteroatoms. The van der Waals surface area contributed by atoms with Crippen LogP contribution in [0.2, 0.25) is 0 Å². The summed E-state index contributed by atoms with van der Waals surface area (Å²) in [7, 11) is 0. The normalized spacial score (nSPS) is 21.6. The van der Waals surface area contributed by atoms with Crippen LogP contribution in [0.15, 0.2) is 9.59 Å². The lowest BCUT2D eigenvalue weighted by Gasteiger charge is -2.30. The molecule has 0 saturated heterocycles. The first kappa shape index (κ1) is 23.1. The predicted octanol–water partition coefficient (Wildman–Crippen LogP) is 2.52. The second-order valence-corrected chi connectivity index (χ2v) is 8.28. The first-order valence-corrected chi connectivity index (χ1v) is 10.7. The first-order valence-electron chi connectivity index (χ1n) is 10.7. The molecule has 3 rings (SSSR count). The fraction of sp³-hybridized carbons (Fsp3) is 0.700. The van der Waals surface area contributed by atoms with Crippen molar-refractivity contribution >= 4 is 17.6 Å². The van der Waals surface area contributed by atoms with Gasteiger partial charge in [-0.15, -0.1) is 0 Å². The number of alkyl halides is 3. The largest absolute Gasteiger partial charge is 0.425 e. The Morgan fingerprint density at radius 2 is 1.87 bits per heavy atom. The van der Waals surface area contributed by atoms with Gasteiger partial charge in [0.05, 0.1) is 0 Å². The molecule has 1 aromatic heterocycles. The number of unbranched alkanes of at least 4 members (excludes halogenated alkanes) is 1. The molecule has 31 heavy (non-hydrogen) atoms. The lowest BCUT2D eigenvalue weighted by molar-refractivity contribution is -0.200. The molecule has 172 valence electrons. The zero-order valence-electron chi connectivity index (χ0n) is 17.4. The van der Waals surface area contributed by atoms with Crippen molar-refractivity contribution in [1.82, 2.24) is 14.9 Å². The summed E-state index contributed by atoms with van der Waals surface area (Å²) in [5, 5.41) is 3.84. The van der Waals surface area contributed by atoms with E-state index in [0.717, 1.165) is 36.7 Å². The van der Waals surface area contributed by atoms with E-state index in [0.29, 0.717) is 19.3 Å². The van der Waals surface area contributed by atoms with Gasteiger partial charge >= 0.3 is 11.9 Å². The molecule has 2 heterocycles. The van der Waals surface area contributed by atoms with Gasteiger partial charge in [-0.05, 0) is 18.8 Å². The fourth-order valence-electron chi connectivity index (χ4n) is 4.44. The third-order valence-corrected chi connectivity index (χ3v) is 6.14. The molecule has 2 amide bonds. The van der Waals surface area contributed by atoms with E-state index >= 15 is 0 Å². The van der Waals surface area contributed by atoms with Gasteiger partial charge in [-0.25, -0.2) is 4.79 Å². The van der Waals surface area contributed by atoms with Crippen LogP contribution in [0.1, 0.15) is 70.3 Å². The molecule has 2 aliphatic rings. The monoisotopic (exact) mass is 444 g/mol. The summed E-state index contributed by atoms with van der Waals surface area (Å²) < 4.78 is 43.6. The highest BCUT2D eigenvalue weighted by Gasteiger charge is 2.68. The second-order valence-electron chi connectivity index (χ2n) is 8.28. The maximum absolute atomic E-state index is 14.2. The van der Waals surface area contributed by atoms with Crippen LogP contribution in [0, 0.1) is 5.92 Å². The number of H-pyrrole nitrogens is 1. The predicted molar refractivity (Wildman–Crippen MR) is 107 cm³/mol. The quantitative estimate of drug-likeness (QED) is 0.600. The average molecular weight is 444 g/mol. The third kappa shape index (κ3) is 4.27. The number of nitrogens with zero attached hydrogens (tertiary/aromatic N) is 1. The number of halogens is 3. The van der Waals surface area contributed by atoms with E-state index in [4.69, 9.17) is 0 Å². The van der Waals surface area contributed by atoms with Crippen molar-refractivity contribution in [3.05, 3.63) is 26.4 Å². The van der Waals surface area contributed by atoms with E-state index in [-0.39, 0.29) is 18.9 Å². The molecule has 0 radical (unpaired) electrons. The minimum atomic E-state index is -5.29. The molecule has 1 atom stereocenters. The lowest BCUT2D eigenvalue weighted by atomic mass is 9.85. The molecule has 0 bridgehead atoms. The zero-order valence-corrected chi connectivity index (χ0v) is 17.4. The molecule has 0 unspecified atom stereocenters. The number of nitrogens with one attached hydrogen (secondary N) is 3. The number of carbonyl (C=O) groups is 2. The summed E-state index contributed by atoms with van der Waals surface area (Å²) in [5.74, 6) is -2.82. The Kier molecular flexibility index (Phi) is 6.61. The number of anilines is 1. The molecule has 0 spiro atoms. The van der Waals surface area contributed by atoms with Gasteiger partial charge in [0, 0.05) is 13.0 Å². The Labute approximate surface area is 176 Å². The Morgan fingerprint density at radius 1 is 1.19 bits per heavy atom. The van der Waals surface area contributed by atoms with Gasteiger partial charge in [-0.3, -0.25) is 23.9 Å². The highest BCUT2D eigenvalue weighted by molar-refractivity contribution is 6.07. The van der Waals surface area contributed by atoms with Crippen molar-refractivity contribution in [3.8, 4) is 0 Å². The number of carbonyl (C=O) groups excluding carboxylic acids is 2. The highest BCUT2D eigenvalue weighted by atomic mass is 19.4. The number of amides is 2. The van der Waals surface area contributed by atoms with E-state index in [2.05, 4.69) is 0 Å². The Hall–Kier alpha value is -2.59. The lowest BCUT2D eigenvalue weighted by Crippen LogP contribution is -2.62. The average Bonchev–Trinajstić information content (AvgIpc) is 3.00. The van der Waals surface area contributed by atoms with Crippen molar-refractivity contribution < 1.29 is 22.8 Å². The number of aromatic amines is 1. The van der Waals surface area contributed by atoms with E-state index < -0.39 is 46.2 Å². The minimum Gasteiger partial charge on any atom is -0.330 e. The molecule has 1 aliphatic heterocycles. The second kappa shape index (κ2) is 8.88. The summed E-state index contributed by atoms with van der Waals surface area (Å²) in [6.07, 6.45) is 1.03. The van der Waals surface area contributed by atoms with Crippen molar-refractivity contribution in [3.63, 3.8) is 0 Å². The van der Waals surface area contributed by atoms with E-state index in [9.17, 15) is 32.3 Å². The summed E-state index contributed by atoms with van der Waals surface area (Å²) >= 11 is 0. The molecule has 1 aromatic rings. The van der Waals surface area contributed by atoms with Crippen molar-refractivity contribution in [2.75, 3.05) is 5.32 Å². The summed E-state index contributed by atoms with van der Waals surface area (Å²) in [4.78, 5) is 51.6. The number of hydrogen-bond acceptors (Lipinski definition) is 4. The first-order chi connectivity index (χ1) is 14.6. The third-order valence-electron chi connectivity index (χ3n) is 6.14. The number of hydrogen-bond donors (Lipinski definition) is 3. The maximum atomic E-state index is 14.2. The standard InChI is InChI=1S/C20H27F3N4O4/c1-2-3-11-27-15-14(16(29)25-18(27)31)19(17(30)24-15,20(21,22)23)26-13(28)10-9-12-7-5-4-6-8-12/h12H,2-11H2,1H3,(H,24,30)(H,26,28)(H,25,29,31)/t19-/m0/s1.